The fourth-order valence-electron chi connectivity index (χ4n) is 2.69. The summed E-state index contributed by atoms with van der Waals surface area (Å²) in [6, 6.07) is 16.0. The van der Waals surface area contributed by atoms with Gasteiger partial charge in [0.25, 0.3) is 0 Å². The number of benzene rings is 2. The van der Waals surface area contributed by atoms with Crippen molar-refractivity contribution in [2.45, 2.75) is 32.3 Å². The molecule has 2 aromatic rings. The van der Waals surface area contributed by atoms with Crippen molar-refractivity contribution in [1.29, 1.82) is 0 Å². The van der Waals surface area contributed by atoms with Gasteiger partial charge >= 0.3 is 0 Å². The molecule has 3 rings (SSSR count). The molecule has 1 atom stereocenters. The molecule has 2 nitrogen and oxygen atoms in total. The molecule has 0 saturated carbocycles. The number of ketones is 1. The lowest BCUT2D eigenvalue weighted by Crippen LogP contribution is -2.11. The van der Waals surface area contributed by atoms with Crippen LogP contribution in [0.15, 0.2) is 48.5 Å². The predicted octanol–water partition coefficient (Wildman–Crippen LogP) is 4.35. The average molecular weight is 266 g/mol. The Hall–Kier alpha value is -2.09. The largest absolute Gasteiger partial charge is 0.486 e. The molecule has 0 heterocycles. The molecule has 2 heteroatoms. The first kappa shape index (κ1) is 12.9. The zero-order valence-corrected chi connectivity index (χ0v) is 11.6. The average Bonchev–Trinajstić information content (AvgIpc) is 2.48. The van der Waals surface area contributed by atoms with Gasteiger partial charge in [0, 0.05) is 12.0 Å². The summed E-state index contributed by atoms with van der Waals surface area (Å²) in [6.45, 7) is 2.04. The van der Waals surface area contributed by atoms with Crippen molar-refractivity contribution in [3.05, 3.63) is 65.2 Å². The van der Waals surface area contributed by atoms with Gasteiger partial charge in [-0.25, -0.2) is 0 Å². The first-order valence-electron chi connectivity index (χ1n) is 7.12. The summed E-state index contributed by atoms with van der Waals surface area (Å²) in [7, 11) is 0. The van der Waals surface area contributed by atoms with Gasteiger partial charge in [-0.1, -0.05) is 30.3 Å². The lowest BCUT2D eigenvalue weighted by atomic mass is 9.90. The van der Waals surface area contributed by atoms with E-state index in [0.29, 0.717) is 6.42 Å². The minimum Gasteiger partial charge on any atom is -0.486 e. The van der Waals surface area contributed by atoms with Crippen LogP contribution in [0, 0.1) is 0 Å². The van der Waals surface area contributed by atoms with E-state index in [-0.39, 0.29) is 11.9 Å². The Morgan fingerprint density at radius 3 is 2.65 bits per heavy atom. The van der Waals surface area contributed by atoms with Gasteiger partial charge in [0.2, 0.25) is 0 Å². The van der Waals surface area contributed by atoms with Gasteiger partial charge in [-0.05, 0) is 49.1 Å². The van der Waals surface area contributed by atoms with E-state index in [0.717, 1.165) is 35.3 Å². The molecule has 1 unspecified atom stereocenters. The normalized spacial score (nSPS) is 15.6. The van der Waals surface area contributed by atoms with E-state index < -0.39 is 0 Å². The van der Waals surface area contributed by atoms with E-state index in [9.17, 15) is 4.79 Å². The van der Waals surface area contributed by atoms with Gasteiger partial charge in [-0.3, -0.25) is 4.79 Å². The maximum Gasteiger partial charge on any atom is 0.163 e. The van der Waals surface area contributed by atoms with Crippen molar-refractivity contribution in [1.82, 2.24) is 0 Å². The number of hydrogen-bond acceptors (Lipinski definition) is 2. The molecule has 0 radical (unpaired) electrons. The van der Waals surface area contributed by atoms with Gasteiger partial charge in [0.05, 0.1) is 0 Å². The summed E-state index contributed by atoms with van der Waals surface area (Å²) >= 11 is 0. The Balaban J connectivity index is 1.80. The van der Waals surface area contributed by atoms with Crippen molar-refractivity contribution in [3.63, 3.8) is 0 Å². The smallest absolute Gasteiger partial charge is 0.163 e. The molecule has 2 aromatic carbocycles. The molecule has 0 fully saturated rings. The summed E-state index contributed by atoms with van der Waals surface area (Å²) in [6.07, 6.45) is 2.60. The third-order valence-electron chi connectivity index (χ3n) is 3.81. The molecular formula is C18H18O2. The monoisotopic (exact) mass is 266 g/mol. The molecule has 0 aromatic heterocycles. The SMILES string of the molecule is CC(Oc1ccc2c(c1)CCCC2=O)c1ccccc1. The Kier molecular flexibility index (Phi) is 3.55. The van der Waals surface area contributed by atoms with E-state index in [1.165, 1.54) is 0 Å². The van der Waals surface area contributed by atoms with Crippen molar-refractivity contribution < 1.29 is 9.53 Å². The van der Waals surface area contributed by atoms with Crippen molar-refractivity contribution in [2.75, 3.05) is 0 Å². The van der Waals surface area contributed by atoms with Crippen molar-refractivity contribution in [3.8, 4) is 5.75 Å². The fraction of sp³-hybridized carbons (Fsp3) is 0.278. The third-order valence-corrected chi connectivity index (χ3v) is 3.81. The Labute approximate surface area is 119 Å². The number of aryl methyl sites for hydroxylation is 1. The van der Waals surface area contributed by atoms with Crippen LogP contribution >= 0.6 is 0 Å². The molecule has 0 bridgehead atoms. The Morgan fingerprint density at radius 1 is 1.05 bits per heavy atom. The van der Waals surface area contributed by atoms with Gasteiger partial charge in [-0.2, -0.15) is 0 Å². The quantitative estimate of drug-likeness (QED) is 0.825. The van der Waals surface area contributed by atoms with Gasteiger partial charge in [0.15, 0.2) is 5.78 Å². The molecule has 0 N–H and O–H groups in total. The summed E-state index contributed by atoms with van der Waals surface area (Å²) < 4.78 is 5.99. The number of rotatable bonds is 3. The molecule has 0 spiro atoms. The van der Waals surface area contributed by atoms with Crippen molar-refractivity contribution in [2.24, 2.45) is 0 Å². The summed E-state index contributed by atoms with van der Waals surface area (Å²) in [5.41, 5.74) is 3.15. The van der Waals surface area contributed by atoms with Crippen LogP contribution in [0.2, 0.25) is 0 Å². The maximum absolute atomic E-state index is 11.8. The molecule has 1 aliphatic carbocycles. The number of Topliss-reactive ketones (excluding diaryl/α,β-unsaturated/α-hetero) is 1. The summed E-state index contributed by atoms with van der Waals surface area (Å²) in [4.78, 5) is 11.8. The molecule has 20 heavy (non-hydrogen) atoms. The summed E-state index contributed by atoms with van der Waals surface area (Å²) in [5.74, 6) is 1.10. The zero-order valence-electron chi connectivity index (χ0n) is 11.6. The van der Waals surface area contributed by atoms with E-state index in [1.54, 1.807) is 0 Å². The molecule has 0 aliphatic heterocycles. The molecule has 0 amide bonds. The Bertz CT molecular complexity index is 617. The third kappa shape index (κ3) is 2.60. The van der Waals surface area contributed by atoms with Crippen LogP contribution in [0.25, 0.3) is 0 Å². The van der Waals surface area contributed by atoms with Crippen molar-refractivity contribution >= 4 is 5.78 Å². The zero-order chi connectivity index (χ0) is 13.9. The Morgan fingerprint density at radius 2 is 1.85 bits per heavy atom. The topological polar surface area (TPSA) is 26.3 Å². The van der Waals surface area contributed by atoms with Crippen LogP contribution in [0.3, 0.4) is 0 Å². The number of fused-ring (bicyclic) bond motifs is 1. The first-order valence-corrected chi connectivity index (χ1v) is 7.12. The number of carbonyl (C=O) groups excluding carboxylic acids is 1. The summed E-state index contributed by atoms with van der Waals surface area (Å²) in [5, 5.41) is 0. The molecule has 0 saturated heterocycles. The predicted molar refractivity (Wildman–Crippen MR) is 79.2 cm³/mol. The first-order chi connectivity index (χ1) is 9.74. The van der Waals surface area contributed by atoms with E-state index in [1.807, 2.05) is 43.3 Å². The van der Waals surface area contributed by atoms with Gasteiger partial charge < -0.3 is 4.74 Å². The lowest BCUT2D eigenvalue weighted by molar-refractivity contribution is 0.0972. The van der Waals surface area contributed by atoms with E-state index in [4.69, 9.17) is 4.74 Å². The van der Waals surface area contributed by atoms with Gasteiger partial charge in [-0.15, -0.1) is 0 Å². The van der Waals surface area contributed by atoms with Crippen LogP contribution in [0.5, 0.6) is 5.75 Å². The second-order valence-corrected chi connectivity index (χ2v) is 5.27. The second kappa shape index (κ2) is 5.49. The highest BCUT2D eigenvalue weighted by atomic mass is 16.5. The highest BCUT2D eigenvalue weighted by molar-refractivity contribution is 5.98. The minimum absolute atomic E-state index is 0.00791. The molecule has 1 aliphatic rings. The minimum atomic E-state index is 0.00791. The lowest BCUT2D eigenvalue weighted by Gasteiger charge is -2.19. The van der Waals surface area contributed by atoms with E-state index >= 15 is 0 Å². The van der Waals surface area contributed by atoms with Gasteiger partial charge in [0.1, 0.15) is 11.9 Å². The van der Waals surface area contributed by atoms with E-state index in [2.05, 4.69) is 12.1 Å². The van der Waals surface area contributed by atoms with Crippen LogP contribution in [0.4, 0.5) is 0 Å². The van der Waals surface area contributed by atoms with Crippen LogP contribution in [-0.4, -0.2) is 5.78 Å². The molecular weight excluding hydrogens is 248 g/mol. The molecule has 102 valence electrons. The highest BCUT2D eigenvalue weighted by Gasteiger charge is 2.18. The van der Waals surface area contributed by atoms with Crippen LogP contribution in [-0.2, 0) is 6.42 Å². The second-order valence-electron chi connectivity index (χ2n) is 5.27. The number of hydrogen-bond donors (Lipinski definition) is 0. The van der Waals surface area contributed by atoms with Crippen LogP contribution in [0.1, 0.15) is 47.4 Å². The fourth-order valence-corrected chi connectivity index (χ4v) is 2.69. The number of ether oxygens (including phenoxy) is 1. The number of carbonyl (C=O) groups is 1. The highest BCUT2D eigenvalue weighted by Crippen LogP contribution is 2.28. The standard InChI is InChI=1S/C18H18O2/c1-13(14-6-3-2-4-7-14)20-16-10-11-17-15(12-16)8-5-9-18(17)19/h2-4,6-7,10-13H,5,8-9H2,1H3. The maximum atomic E-state index is 11.8. The van der Waals surface area contributed by atoms with Crippen LogP contribution < -0.4 is 4.74 Å².